The molecule has 1 nitrogen and oxygen atoms in total. The van der Waals surface area contributed by atoms with E-state index < -0.39 is 0 Å². The molecule has 0 bridgehead atoms. The van der Waals surface area contributed by atoms with E-state index in [0.717, 1.165) is 6.54 Å². The smallest absolute Gasteiger partial charge is 0.0225 e. The molecule has 1 aliphatic carbocycles. The molecule has 1 aromatic carbocycles. The van der Waals surface area contributed by atoms with Crippen molar-refractivity contribution >= 4 is 0 Å². The van der Waals surface area contributed by atoms with E-state index in [2.05, 4.69) is 30.4 Å². The molecular weight excluding hydrogens is 194 g/mol. The lowest BCUT2D eigenvalue weighted by atomic mass is 9.74. The predicted molar refractivity (Wildman–Crippen MR) is 67.5 cm³/mol. The monoisotopic (exact) mass is 215 g/mol. The van der Waals surface area contributed by atoms with Crippen LogP contribution in [0.2, 0.25) is 0 Å². The van der Waals surface area contributed by atoms with Gasteiger partial charge in [0.2, 0.25) is 0 Å². The third kappa shape index (κ3) is 1.78. The Labute approximate surface area is 98.3 Å². The summed E-state index contributed by atoms with van der Waals surface area (Å²) < 4.78 is 0. The zero-order valence-electron chi connectivity index (χ0n) is 10.2. The number of hydrogen-bond donors (Lipinski definition) is 1. The van der Waals surface area contributed by atoms with Gasteiger partial charge in [-0.3, -0.25) is 0 Å². The van der Waals surface area contributed by atoms with Crippen LogP contribution in [0.5, 0.6) is 0 Å². The van der Waals surface area contributed by atoms with Gasteiger partial charge < -0.3 is 5.32 Å². The van der Waals surface area contributed by atoms with Crippen LogP contribution >= 0.6 is 0 Å². The average molecular weight is 215 g/mol. The summed E-state index contributed by atoms with van der Waals surface area (Å²) in [6.45, 7) is 3.27. The lowest BCUT2D eigenvalue weighted by Gasteiger charge is -2.42. The third-order valence-electron chi connectivity index (χ3n) is 4.36. The summed E-state index contributed by atoms with van der Waals surface area (Å²) in [7, 11) is 0. The molecule has 1 heteroatoms. The maximum Gasteiger partial charge on any atom is 0.0225 e. The van der Waals surface area contributed by atoms with Gasteiger partial charge in [0, 0.05) is 12.1 Å². The first-order valence-electron chi connectivity index (χ1n) is 6.61. The molecule has 1 aromatic rings. The maximum atomic E-state index is 3.82. The molecule has 0 amide bonds. The number of rotatable bonds is 0. The van der Waals surface area contributed by atoms with Gasteiger partial charge in [0.1, 0.15) is 0 Å². The van der Waals surface area contributed by atoms with E-state index in [1.807, 2.05) is 0 Å². The van der Waals surface area contributed by atoms with E-state index in [9.17, 15) is 0 Å². The van der Waals surface area contributed by atoms with Crippen LogP contribution in [0.4, 0.5) is 0 Å². The normalized spacial score (nSPS) is 23.1. The van der Waals surface area contributed by atoms with Crippen LogP contribution in [0.25, 0.3) is 0 Å². The van der Waals surface area contributed by atoms with Crippen molar-refractivity contribution in [3.8, 4) is 0 Å². The van der Waals surface area contributed by atoms with E-state index in [-0.39, 0.29) is 0 Å². The molecule has 3 rings (SSSR count). The lowest BCUT2D eigenvalue weighted by Crippen LogP contribution is -2.50. The molecule has 1 fully saturated rings. The molecule has 0 aromatic heterocycles. The highest BCUT2D eigenvalue weighted by atomic mass is 15.0. The Balaban J connectivity index is 1.88. The van der Waals surface area contributed by atoms with Gasteiger partial charge in [0.25, 0.3) is 0 Å². The Morgan fingerprint density at radius 3 is 2.69 bits per heavy atom. The Bertz CT molecular complexity index is 388. The number of benzene rings is 1. The molecule has 2 aliphatic rings. The van der Waals surface area contributed by atoms with Crippen LogP contribution in [-0.2, 0) is 13.0 Å². The quantitative estimate of drug-likeness (QED) is 0.700. The van der Waals surface area contributed by atoms with Crippen LogP contribution in [-0.4, -0.2) is 5.54 Å². The Morgan fingerprint density at radius 2 is 1.88 bits per heavy atom. The van der Waals surface area contributed by atoms with Crippen molar-refractivity contribution in [3.05, 3.63) is 34.9 Å². The highest BCUT2D eigenvalue weighted by Crippen LogP contribution is 2.35. The number of aryl methyl sites for hydroxylation is 1. The zero-order valence-corrected chi connectivity index (χ0v) is 10.2. The zero-order chi connectivity index (χ0) is 11.0. The van der Waals surface area contributed by atoms with Gasteiger partial charge in [0.05, 0.1) is 0 Å². The van der Waals surface area contributed by atoms with Gasteiger partial charge >= 0.3 is 0 Å². The van der Waals surface area contributed by atoms with Crippen LogP contribution in [0, 0.1) is 6.92 Å². The molecular formula is C15H21N. The highest BCUT2D eigenvalue weighted by molar-refractivity contribution is 5.35. The topological polar surface area (TPSA) is 12.0 Å². The second kappa shape index (κ2) is 3.89. The molecule has 1 heterocycles. The van der Waals surface area contributed by atoms with Crippen molar-refractivity contribution in [1.29, 1.82) is 0 Å². The summed E-state index contributed by atoms with van der Waals surface area (Å²) >= 11 is 0. The van der Waals surface area contributed by atoms with Gasteiger partial charge in [-0.25, -0.2) is 0 Å². The van der Waals surface area contributed by atoms with Crippen molar-refractivity contribution in [2.24, 2.45) is 0 Å². The molecule has 1 N–H and O–H groups in total. The maximum absolute atomic E-state index is 3.82. The molecule has 0 unspecified atom stereocenters. The van der Waals surface area contributed by atoms with Crippen LogP contribution in [0.3, 0.4) is 0 Å². The first-order valence-corrected chi connectivity index (χ1v) is 6.61. The minimum Gasteiger partial charge on any atom is -0.307 e. The molecule has 86 valence electrons. The average Bonchev–Trinajstić information content (AvgIpc) is 2.31. The van der Waals surface area contributed by atoms with E-state index in [0.29, 0.717) is 5.54 Å². The van der Waals surface area contributed by atoms with Crippen molar-refractivity contribution < 1.29 is 0 Å². The lowest BCUT2D eigenvalue weighted by molar-refractivity contribution is 0.215. The summed E-state index contributed by atoms with van der Waals surface area (Å²) in [6.07, 6.45) is 8.26. The Hall–Kier alpha value is -0.820. The summed E-state index contributed by atoms with van der Waals surface area (Å²) in [5.41, 5.74) is 4.95. The van der Waals surface area contributed by atoms with Gasteiger partial charge in [-0.2, -0.15) is 0 Å². The Kier molecular flexibility index (Phi) is 2.51. The van der Waals surface area contributed by atoms with E-state index in [4.69, 9.17) is 0 Å². The highest BCUT2D eigenvalue weighted by Gasteiger charge is 2.34. The van der Waals surface area contributed by atoms with Crippen molar-refractivity contribution in [2.45, 2.75) is 57.5 Å². The van der Waals surface area contributed by atoms with Crippen molar-refractivity contribution in [1.82, 2.24) is 5.32 Å². The Morgan fingerprint density at radius 1 is 1.06 bits per heavy atom. The number of nitrogens with one attached hydrogen (secondary N) is 1. The summed E-state index contributed by atoms with van der Waals surface area (Å²) in [6, 6.07) is 6.96. The second-order valence-electron chi connectivity index (χ2n) is 5.64. The summed E-state index contributed by atoms with van der Waals surface area (Å²) in [5, 5.41) is 3.82. The standard InChI is InChI=1S/C15H21N/c1-12-5-6-13-10-15(7-3-2-4-8-15)16-11-14(13)9-12/h5-6,9,16H,2-4,7-8,10-11H2,1H3. The fraction of sp³-hybridized carbons (Fsp3) is 0.600. The van der Waals surface area contributed by atoms with Gasteiger partial charge in [0.15, 0.2) is 0 Å². The van der Waals surface area contributed by atoms with Crippen LogP contribution < -0.4 is 5.32 Å². The van der Waals surface area contributed by atoms with Gasteiger partial charge in [-0.15, -0.1) is 0 Å². The van der Waals surface area contributed by atoms with Crippen molar-refractivity contribution in [2.75, 3.05) is 0 Å². The first kappa shape index (κ1) is 10.3. The SMILES string of the molecule is Cc1ccc2c(c1)CNC1(CCCCC1)C2. The minimum absolute atomic E-state index is 0.445. The minimum atomic E-state index is 0.445. The van der Waals surface area contributed by atoms with Gasteiger partial charge in [-0.1, -0.05) is 43.0 Å². The number of hydrogen-bond acceptors (Lipinski definition) is 1. The molecule has 1 saturated carbocycles. The molecule has 1 aliphatic heterocycles. The molecule has 16 heavy (non-hydrogen) atoms. The molecule has 0 radical (unpaired) electrons. The second-order valence-corrected chi connectivity index (χ2v) is 5.64. The summed E-state index contributed by atoms with van der Waals surface area (Å²) in [5.74, 6) is 0. The predicted octanol–water partition coefficient (Wildman–Crippen LogP) is 3.34. The van der Waals surface area contributed by atoms with Crippen LogP contribution in [0.15, 0.2) is 18.2 Å². The molecule has 1 spiro atoms. The van der Waals surface area contributed by atoms with Crippen LogP contribution in [0.1, 0.15) is 48.8 Å². The molecule has 0 atom stereocenters. The first-order chi connectivity index (χ1) is 7.77. The summed E-state index contributed by atoms with van der Waals surface area (Å²) in [4.78, 5) is 0. The molecule has 0 saturated heterocycles. The van der Waals surface area contributed by atoms with E-state index in [1.165, 1.54) is 49.7 Å². The van der Waals surface area contributed by atoms with Crippen molar-refractivity contribution in [3.63, 3.8) is 0 Å². The fourth-order valence-corrected chi connectivity index (χ4v) is 3.38. The van der Waals surface area contributed by atoms with Gasteiger partial charge in [-0.05, 0) is 37.3 Å². The van der Waals surface area contributed by atoms with E-state index >= 15 is 0 Å². The largest absolute Gasteiger partial charge is 0.307 e. The number of fused-ring (bicyclic) bond motifs is 1. The third-order valence-corrected chi connectivity index (χ3v) is 4.36. The van der Waals surface area contributed by atoms with E-state index in [1.54, 1.807) is 5.56 Å². The fourth-order valence-electron chi connectivity index (χ4n) is 3.38.